The Bertz CT molecular complexity index is 625. The molecular weight excluding hydrogens is 327 g/mol. The molecule has 1 fully saturated rings. The molecule has 2 atom stereocenters. The maximum absolute atomic E-state index is 14.7. The highest BCUT2D eigenvalue weighted by molar-refractivity contribution is 5.71. The number of ether oxygens (including phenoxy) is 2. The van der Waals surface area contributed by atoms with Crippen LogP contribution in [0.1, 0.15) is 13.8 Å². The van der Waals surface area contributed by atoms with Crippen LogP contribution in [0.3, 0.4) is 0 Å². The Hall–Kier alpha value is -1.96. The lowest BCUT2D eigenvalue weighted by Crippen LogP contribution is -2.46. The van der Waals surface area contributed by atoms with Crippen LogP contribution in [-0.2, 0) is 14.3 Å². The summed E-state index contributed by atoms with van der Waals surface area (Å²) in [7, 11) is 0. The number of hydrogen-bond donors (Lipinski definition) is 1. The van der Waals surface area contributed by atoms with Gasteiger partial charge in [-0.05, 0) is 19.9 Å². The van der Waals surface area contributed by atoms with Crippen molar-refractivity contribution in [1.82, 2.24) is 4.48 Å². The third-order valence-electron chi connectivity index (χ3n) is 4.35. The van der Waals surface area contributed by atoms with E-state index in [1.807, 2.05) is 11.8 Å². The number of amides is 1. The zero-order valence-corrected chi connectivity index (χ0v) is 14.8. The van der Waals surface area contributed by atoms with E-state index in [1.165, 1.54) is 6.07 Å². The van der Waals surface area contributed by atoms with E-state index < -0.39 is 11.9 Å². The number of aliphatic hydroxyl groups excluding tert-OH is 1. The van der Waals surface area contributed by atoms with Gasteiger partial charge in [-0.1, -0.05) is 6.58 Å². The van der Waals surface area contributed by atoms with Gasteiger partial charge in [0.25, 0.3) is 0 Å². The zero-order chi connectivity index (χ0) is 18.4. The van der Waals surface area contributed by atoms with Crippen LogP contribution >= 0.6 is 0 Å². The van der Waals surface area contributed by atoms with Crippen molar-refractivity contribution >= 4 is 17.8 Å². The van der Waals surface area contributed by atoms with Crippen LogP contribution in [0.2, 0.25) is 0 Å². The maximum atomic E-state index is 14.7. The highest BCUT2D eigenvalue weighted by atomic mass is 19.1. The van der Waals surface area contributed by atoms with Gasteiger partial charge in [0.2, 0.25) is 0 Å². The van der Waals surface area contributed by atoms with Crippen LogP contribution in [-0.4, -0.2) is 57.2 Å². The molecule has 0 aliphatic carbocycles. The highest BCUT2D eigenvalue weighted by Crippen LogP contribution is 2.31. The molecule has 1 N–H and O–H groups in total. The summed E-state index contributed by atoms with van der Waals surface area (Å²) in [5, 5.41) is 9.22. The number of carbonyl (C=O) groups excluding carboxylic acids is 1. The fourth-order valence-corrected chi connectivity index (χ4v) is 2.94. The number of allylic oxidation sites excluding steroid dienone is 1. The van der Waals surface area contributed by atoms with Gasteiger partial charge in [0.15, 0.2) is 12.5 Å². The van der Waals surface area contributed by atoms with Crippen molar-refractivity contribution in [2.45, 2.75) is 20.0 Å². The number of aliphatic hydroxyl groups is 1. The van der Waals surface area contributed by atoms with E-state index in [-0.39, 0.29) is 17.8 Å². The Morgan fingerprint density at radius 1 is 1.60 bits per heavy atom. The highest BCUT2D eigenvalue weighted by Gasteiger charge is 2.41. The largest absolute Gasteiger partial charge is 0.497 e. The van der Waals surface area contributed by atoms with Gasteiger partial charge in [0.05, 0.1) is 24.6 Å². The Kier molecular flexibility index (Phi) is 6.52. The average Bonchev–Trinajstić information content (AvgIpc) is 3.04. The minimum absolute atomic E-state index is 0.0947. The first-order valence-corrected chi connectivity index (χ1v) is 8.34. The van der Waals surface area contributed by atoms with E-state index in [9.17, 15) is 14.3 Å². The molecule has 138 valence electrons. The first-order valence-electron chi connectivity index (χ1n) is 8.34. The summed E-state index contributed by atoms with van der Waals surface area (Å²) in [5.74, 6) is 0.221. The molecule has 7 heteroatoms. The molecule has 1 aliphatic heterocycles. The lowest BCUT2D eigenvalue weighted by molar-refractivity contribution is -0.117. The van der Waals surface area contributed by atoms with E-state index >= 15 is 0 Å². The molecule has 0 aromatic heterocycles. The van der Waals surface area contributed by atoms with Gasteiger partial charge < -0.3 is 19.5 Å². The SMILES string of the molecule is C=C(C)OCCN(CC)c1ccc([N+]2(C=O)COC(CO)C2)cc1F. The van der Waals surface area contributed by atoms with Crippen LogP contribution in [0.15, 0.2) is 30.5 Å². The molecule has 0 spiro atoms. The average molecular weight is 353 g/mol. The van der Waals surface area contributed by atoms with Gasteiger partial charge in [-0.2, -0.15) is 0 Å². The molecule has 1 aromatic rings. The van der Waals surface area contributed by atoms with Gasteiger partial charge in [-0.25, -0.2) is 13.7 Å². The first kappa shape index (κ1) is 19.4. The van der Waals surface area contributed by atoms with Crippen molar-refractivity contribution in [3.63, 3.8) is 0 Å². The predicted octanol–water partition coefficient (Wildman–Crippen LogP) is 2.01. The van der Waals surface area contributed by atoms with Gasteiger partial charge in [0, 0.05) is 18.7 Å². The summed E-state index contributed by atoms with van der Waals surface area (Å²) in [6, 6.07) is 4.78. The third kappa shape index (κ3) is 4.36. The summed E-state index contributed by atoms with van der Waals surface area (Å²) < 4.78 is 25.3. The number of rotatable bonds is 9. The molecular formula is C18H26FN2O4+. The van der Waals surface area contributed by atoms with Crippen molar-refractivity contribution in [2.75, 3.05) is 44.5 Å². The van der Waals surface area contributed by atoms with Crippen molar-refractivity contribution in [2.24, 2.45) is 0 Å². The topological polar surface area (TPSA) is 59.0 Å². The second-order valence-corrected chi connectivity index (χ2v) is 6.19. The minimum Gasteiger partial charge on any atom is -0.497 e. The molecule has 1 aliphatic rings. The van der Waals surface area contributed by atoms with Crippen LogP contribution < -0.4 is 9.38 Å². The Morgan fingerprint density at radius 3 is 2.88 bits per heavy atom. The van der Waals surface area contributed by atoms with E-state index in [4.69, 9.17) is 9.47 Å². The molecule has 0 bridgehead atoms. The van der Waals surface area contributed by atoms with Crippen molar-refractivity contribution < 1.29 is 23.8 Å². The number of anilines is 1. The normalized spacial score (nSPS) is 22.6. The van der Waals surface area contributed by atoms with Gasteiger partial charge in [-0.15, -0.1) is 0 Å². The number of nitrogens with zero attached hydrogens (tertiary/aromatic N) is 2. The molecule has 1 aromatic carbocycles. The zero-order valence-electron chi connectivity index (χ0n) is 14.8. The fourth-order valence-electron chi connectivity index (χ4n) is 2.94. The third-order valence-corrected chi connectivity index (χ3v) is 4.35. The van der Waals surface area contributed by atoms with Crippen LogP contribution in [0.25, 0.3) is 0 Å². The first-order chi connectivity index (χ1) is 12.0. The molecule has 1 saturated heterocycles. The van der Waals surface area contributed by atoms with Crippen molar-refractivity contribution in [1.29, 1.82) is 0 Å². The quantitative estimate of drug-likeness (QED) is 0.418. The fraction of sp³-hybridized carbons (Fsp3) is 0.500. The molecule has 25 heavy (non-hydrogen) atoms. The smallest absolute Gasteiger partial charge is 0.308 e. The molecule has 1 amide bonds. The monoisotopic (exact) mass is 353 g/mol. The van der Waals surface area contributed by atoms with Gasteiger partial charge >= 0.3 is 6.41 Å². The summed E-state index contributed by atoms with van der Waals surface area (Å²) >= 11 is 0. The van der Waals surface area contributed by atoms with E-state index in [0.29, 0.717) is 43.4 Å². The van der Waals surface area contributed by atoms with E-state index in [1.54, 1.807) is 19.1 Å². The number of quaternary nitrogens is 1. The summed E-state index contributed by atoms with van der Waals surface area (Å²) in [6.45, 7) is 9.18. The Morgan fingerprint density at radius 2 is 2.36 bits per heavy atom. The summed E-state index contributed by atoms with van der Waals surface area (Å²) in [6.07, 6.45) is 0.321. The van der Waals surface area contributed by atoms with Crippen molar-refractivity contribution in [3.05, 3.63) is 36.4 Å². The van der Waals surface area contributed by atoms with Crippen LogP contribution in [0, 0.1) is 5.82 Å². The summed E-state index contributed by atoms with van der Waals surface area (Å²) in [5.41, 5.74) is 0.973. The molecule has 2 rings (SSSR count). The van der Waals surface area contributed by atoms with Crippen LogP contribution in [0.4, 0.5) is 15.8 Å². The molecule has 0 saturated carbocycles. The number of carbonyl (C=O) groups is 1. The number of likely N-dealkylation sites (N-methyl/N-ethyl adjacent to an activating group) is 1. The van der Waals surface area contributed by atoms with E-state index in [0.717, 1.165) is 6.41 Å². The van der Waals surface area contributed by atoms with Crippen LogP contribution in [0.5, 0.6) is 0 Å². The predicted molar refractivity (Wildman–Crippen MR) is 94.6 cm³/mol. The molecule has 1 heterocycles. The second kappa shape index (κ2) is 8.42. The lowest BCUT2D eigenvalue weighted by atomic mass is 10.2. The van der Waals surface area contributed by atoms with Gasteiger partial charge in [-0.3, -0.25) is 0 Å². The van der Waals surface area contributed by atoms with Crippen molar-refractivity contribution in [3.8, 4) is 0 Å². The number of halogens is 1. The molecule has 6 nitrogen and oxygen atoms in total. The number of benzene rings is 1. The Labute approximate surface area is 147 Å². The minimum atomic E-state index is -0.417. The van der Waals surface area contributed by atoms with E-state index in [2.05, 4.69) is 6.58 Å². The second-order valence-electron chi connectivity index (χ2n) is 6.19. The maximum Gasteiger partial charge on any atom is 0.308 e. The Balaban J connectivity index is 2.19. The number of hydrogen-bond acceptors (Lipinski definition) is 5. The standard InChI is InChI=1S/C18H26FN2O4/c1-4-20(7-8-24-14(2)3)18-6-5-15(9-17(18)19)21(12-23)10-16(11-22)25-13-21/h5-6,9,12,16,22H,2,4,7-8,10-11,13H2,1,3H3/q+1. The summed E-state index contributed by atoms with van der Waals surface area (Å²) in [4.78, 5) is 13.5. The van der Waals surface area contributed by atoms with Gasteiger partial charge in [0.1, 0.15) is 24.9 Å². The molecule has 0 radical (unpaired) electrons. The lowest BCUT2D eigenvalue weighted by Gasteiger charge is -2.27. The molecule has 2 unspecified atom stereocenters.